The van der Waals surface area contributed by atoms with Crippen LogP contribution in [0.25, 0.3) is 10.2 Å². The molecule has 32 heavy (non-hydrogen) atoms. The minimum Gasteiger partial charge on any atom is -0.367 e. The van der Waals surface area contributed by atoms with Crippen molar-refractivity contribution in [2.75, 3.05) is 13.2 Å². The number of benzene rings is 2. The Morgan fingerprint density at radius 3 is 2.50 bits per heavy atom. The van der Waals surface area contributed by atoms with E-state index >= 15 is 0 Å². The van der Waals surface area contributed by atoms with Crippen molar-refractivity contribution in [3.63, 3.8) is 0 Å². The normalized spacial score (nSPS) is 13.3. The Kier molecular flexibility index (Phi) is 5.83. The van der Waals surface area contributed by atoms with E-state index in [2.05, 4.69) is 4.98 Å². The molecule has 4 aromatic rings. The molecular weight excluding hydrogens is 422 g/mol. The van der Waals surface area contributed by atoms with Crippen LogP contribution in [0.3, 0.4) is 0 Å². The van der Waals surface area contributed by atoms with E-state index in [-0.39, 0.29) is 18.1 Å². The number of thiophene rings is 1. The summed E-state index contributed by atoms with van der Waals surface area (Å²) in [4.78, 5) is 34.0. The largest absolute Gasteiger partial charge is 0.367 e. The number of amides is 1. The van der Waals surface area contributed by atoms with Crippen LogP contribution in [-0.2, 0) is 35.6 Å². The van der Waals surface area contributed by atoms with Crippen LogP contribution in [-0.4, -0.2) is 33.5 Å². The maximum absolute atomic E-state index is 13.2. The lowest BCUT2D eigenvalue weighted by molar-refractivity contribution is -0.137. The molecule has 0 unspecified atom stereocenters. The number of hydrogen-bond donors (Lipinski definition) is 0. The van der Waals surface area contributed by atoms with Gasteiger partial charge in [0.15, 0.2) is 0 Å². The summed E-state index contributed by atoms with van der Waals surface area (Å²) in [5.74, 6) is -0.0292. The van der Waals surface area contributed by atoms with E-state index < -0.39 is 0 Å². The lowest BCUT2D eigenvalue weighted by Gasteiger charge is -2.27. The zero-order chi connectivity index (χ0) is 21.9. The van der Waals surface area contributed by atoms with Crippen LogP contribution in [0, 0.1) is 0 Å². The average Bonchev–Trinajstić information content (AvgIpc) is 3.21. The minimum atomic E-state index is -0.0292. The van der Waals surface area contributed by atoms with Crippen molar-refractivity contribution in [1.29, 1.82) is 0 Å². The van der Waals surface area contributed by atoms with E-state index in [4.69, 9.17) is 4.74 Å². The van der Waals surface area contributed by atoms with Gasteiger partial charge in [-0.05, 0) is 23.1 Å². The minimum absolute atomic E-state index is 0.0117. The monoisotopic (exact) mass is 445 g/mol. The fourth-order valence-electron chi connectivity index (χ4n) is 4.05. The van der Waals surface area contributed by atoms with Crippen LogP contribution >= 0.6 is 11.3 Å². The summed E-state index contributed by atoms with van der Waals surface area (Å²) >= 11 is 1.51. The summed E-state index contributed by atoms with van der Waals surface area (Å²) in [5, 5.41) is 0.704. The second kappa shape index (κ2) is 9.06. The van der Waals surface area contributed by atoms with Crippen LogP contribution in [0.5, 0.6) is 0 Å². The van der Waals surface area contributed by atoms with E-state index in [1.165, 1.54) is 11.3 Å². The number of ether oxygens (including phenoxy) is 1. The highest BCUT2D eigenvalue weighted by Gasteiger charge is 2.26. The van der Waals surface area contributed by atoms with Gasteiger partial charge in [0.05, 0.1) is 31.4 Å². The molecule has 0 aliphatic carbocycles. The first kappa shape index (κ1) is 20.6. The Morgan fingerprint density at radius 2 is 1.75 bits per heavy atom. The van der Waals surface area contributed by atoms with Crippen molar-refractivity contribution < 1.29 is 9.53 Å². The van der Waals surface area contributed by atoms with Crippen LogP contribution in [0.15, 0.2) is 71.8 Å². The number of fused-ring (bicyclic) bond motifs is 3. The molecule has 6 nitrogen and oxygen atoms in total. The maximum Gasteiger partial charge on any atom is 0.262 e. The van der Waals surface area contributed by atoms with Crippen molar-refractivity contribution >= 4 is 27.5 Å². The second-order valence-electron chi connectivity index (χ2n) is 7.89. The molecule has 5 rings (SSSR count). The molecule has 2 aromatic heterocycles. The zero-order valence-corrected chi connectivity index (χ0v) is 18.4. The third-order valence-electron chi connectivity index (χ3n) is 5.71. The summed E-state index contributed by atoms with van der Waals surface area (Å²) < 4.78 is 7.29. The van der Waals surface area contributed by atoms with E-state index in [1.807, 2.05) is 65.6 Å². The molecule has 0 saturated heterocycles. The molecule has 0 spiro atoms. The summed E-state index contributed by atoms with van der Waals surface area (Å²) in [5.41, 5.74) is 3.14. The van der Waals surface area contributed by atoms with Gasteiger partial charge in [0, 0.05) is 11.4 Å². The third-order valence-corrected chi connectivity index (χ3v) is 6.84. The summed E-state index contributed by atoms with van der Waals surface area (Å²) in [6.07, 6.45) is 2.28. The Hall–Kier alpha value is -3.29. The first-order valence-corrected chi connectivity index (χ1v) is 11.4. The van der Waals surface area contributed by atoms with Gasteiger partial charge in [0.25, 0.3) is 5.56 Å². The molecule has 0 bridgehead atoms. The van der Waals surface area contributed by atoms with Gasteiger partial charge in [-0.2, -0.15) is 0 Å². The van der Waals surface area contributed by atoms with Crippen LogP contribution in [0.1, 0.15) is 21.6 Å². The van der Waals surface area contributed by atoms with Crippen molar-refractivity contribution in [1.82, 2.24) is 14.5 Å². The number of hydrogen-bond acceptors (Lipinski definition) is 5. The summed E-state index contributed by atoms with van der Waals surface area (Å²) in [7, 11) is 0. The van der Waals surface area contributed by atoms with Crippen molar-refractivity contribution in [3.05, 3.63) is 98.9 Å². The van der Waals surface area contributed by atoms with Gasteiger partial charge in [-0.1, -0.05) is 60.7 Å². The van der Waals surface area contributed by atoms with E-state index in [0.717, 1.165) is 26.4 Å². The lowest BCUT2D eigenvalue weighted by atomic mass is 10.1. The van der Waals surface area contributed by atoms with Gasteiger partial charge < -0.3 is 9.64 Å². The van der Waals surface area contributed by atoms with Gasteiger partial charge in [-0.15, -0.1) is 11.3 Å². The van der Waals surface area contributed by atoms with E-state index in [1.54, 1.807) is 10.9 Å². The quantitative estimate of drug-likeness (QED) is 0.455. The summed E-state index contributed by atoms with van der Waals surface area (Å²) in [6, 6.07) is 19.7. The van der Waals surface area contributed by atoms with Gasteiger partial charge in [-0.3, -0.25) is 14.2 Å². The first-order chi connectivity index (χ1) is 15.7. The standard InChI is InChI=1S/C25H23N3O3S/c29-22(16-31-15-19-9-5-2-6-10-19)27-12-11-20-21(14-27)32-24-23(20)25(30)28(17-26-24)13-18-7-3-1-4-8-18/h1-10,17H,11-16H2. The maximum atomic E-state index is 13.2. The number of rotatable bonds is 6. The SMILES string of the molecule is O=C(COCc1ccccc1)N1CCc2c(sc3ncn(Cc4ccccc4)c(=O)c23)C1. The van der Waals surface area contributed by atoms with Crippen LogP contribution < -0.4 is 5.56 Å². The van der Waals surface area contributed by atoms with Gasteiger partial charge in [-0.25, -0.2) is 4.98 Å². The highest BCUT2D eigenvalue weighted by molar-refractivity contribution is 7.18. The molecule has 162 valence electrons. The molecule has 0 atom stereocenters. The topological polar surface area (TPSA) is 64.4 Å². The van der Waals surface area contributed by atoms with Crippen LogP contribution in [0.4, 0.5) is 0 Å². The van der Waals surface area contributed by atoms with Crippen LogP contribution in [0.2, 0.25) is 0 Å². The first-order valence-electron chi connectivity index (χ1n) is 10.6. The number of aromatic nitrogens is 2. The van der Waals surface area contributed by atoms with Crippen molar-refractivity contribution in [2.24, 2.45) is 0 Å². The molecular formula is C25H23N3O3S. The third kappa shape index (κ3) is 4.22. The van der Waals surface area contributed by atoms with Crippen molar-refractivity contribution in [3.8, 4) is 0 Å². The number of carbonyl (C=O) groups is 1. The van der Waals surface area contributed by atoms with Gasteiger partial charge >= 0.3 is 0 Å². The Balaban J connectivity index is 1.30. The molecule has 2 aromatic carbocycles. The smallest absolute Gasteiger partial charge is 0.262 e. The Morgan fingerprint density at radius 1 is 1.03 bits per heavy atom. The number of nitrogens with zero attached hydrogens (tertiary/aromatic N) is 3. The second-order valence-corrected chi connectivity index (χ2v) is 8.97. The lowest BCUT2D eigenvalue weighted by Crippen LogP contribution is -2.37. The molecule has 1 aliphatic rings. The summed E-state index contributed by atoms with van der Waals surface area (Å²) in [6.45, 7) is 2.05. The van der Waals surface area contributed by atoms with Crippen molar-refractivity contribution in [2.45, 2.75) is 26.1 Å². The van der Waals surface area contributed by atoms with E-state index in [0.29, 0.717) is 38.0 Å². The average molecular weight is 446 g/mol. The van der Waals surface area contributed by atoms with Gasteiger partial charge in [0.1, 0.15) is 11.4 Å². The number of carbonyl (C=O) groups excluding carboxylic acids is 1. The fourth-order valence-corrected chi connectivity index (χ4v) is 5.24. The highest BCUT2D eigenvalue weighted by atomic mass is 32.1. The highest BCUT2D eigenvalue weighted by Crippen LogP contribution is 2.32. The molecule has 0 N–H and O–H groups in total. The fraction of sp³-hybridized carbons (Fsp3) is 0.240. The van der Waals surface area contributed by atoms with E-state index in [9.17, 15) is 9.59 Å². The molecule has 0 radical (unpaired) electrons. The Labute approximate surface area is 189 Å². The molecule has 1 amide bonds. The van der Waals surface area contributed by atoms with Gasteiger partial charge in [0.2, 0.25) is 5.91 Å². The predicted molar refractivity (Wildman–Crippen MR) is 125 cm³/mol. The predicted octanol–water partition coefficient (Wildman–Crippen LogP) is 3.61. The molecule has 0 saturated carbocycles. The molecule has 3 heterocycles. The molecule has 7 heteroatoms. The Bertz CT molecular complexity index is 1300. The molecule has 1 aliphatic heterocycles. The zero-order valence-electron chi connectivity index (χ0n) is 17.6. The molecule has 0 fully saturated rings.